The van der Waals surface area contributed by atoms with Crippen LogP contribution in [0.4, 0.5) is 11.5 Å². The number of carbonyl (C=O) groups excluding carboxylic acids is 1. The molecule has 2 N–H and O–H groups in total. The second-order valence-electron chi connectivity index (χ2n) is 5.75. The third kappa shape index (κ3) is 4.58. The van der Waals surface area contributed by atoms with Crippen molar-refractivity contribution < 1.29 is 4.79 Å². The van der Waals surface area contributed by atoms with Gasteiger partial charge in [-0.05, 0) is 39.0 Å². The molecule has 22 heavy (non-hydrogen) atoms. The van der Waals surface area contributed by atoms with E-state index in [0.29, 0.717) is 15.9 Å². The van der Waals surface area contributed by atoms with Gasteiger partial charge in [-0.15, -0.1) is 0 Å². The molecule has 1 aromatic carbocycles. The maximum absolute atomic E-state index is 12.1. The number of rotatable bonds is 3. The van der Waals surface area contributed by atoms with E-state index < -0.39 is 0 Å². The van der Waals surface area contributed by atoms with E-state index in [1.54, 1.807) is 24.3 Å². The van der Waals surface area contributed by atoms with Crippen LogP contribution >= 0.6 is 23.2 Å². The fraction of sp³-hybridized carbons (Fsp3) is 0.267. The van der Waals surface area contributed by atoms with E-state index in [9.17, 15) is 4.79 Å². The van der Waals surface area contributed by atoms with Crippen LogP contribution in [0.3, 0.4) is 0 Å². The molecule has 1 amide bonds. The molecule has 0 aliphatic rings. The Balaban J connectivity index is 2.17. The van der Waals surface area contributed by atoms with Crippen molar-refractivity contribution in [2.75, 3.05) is 5.32 Å². The highest BCUT2D eigenvalue weighted by Gasteiger charge is 2.16. The lowest BCUT2D eigenvalue weighted by atomic mass is 10.1. The maximum atomic E-state index is 12.1. The number of nitrogens with zero attached hydrogens (tertiary/aromatic N) is 2. The summed E-state index contributed by atoms with van der Waals surface area (Å²) in [5.74, 6) is 0.236. The van der Waals surface area contributed by atoms with E-state index in [4.69, 9.17) is 23.2 Å². The van der Waals surface area contributed by atoms with Crippen LogP contribution in [0.2, 0.25) is 10.0 Å². The van der Waals surface area contributed by atoms with Gasteiger partial charge in [0.1, 0.15) is 17.8 Å². The minimum absolute atomic E-state index is 0.257. The third-order valence-electron chi connectivity index (χ3n) is 2.58. The summed E-state index contributed by atoms with van der Waals surface area (Å²) in [6.07, 6.45) is 1.33. The molecular weight excluding hydrogens is 323 g/mol. The van der Waals surface area contributed by atoms with Crippen molar-refractivity contribution in [3.05, 3.63) is 46.3 Å². The first-order valence-corrected chi connectivity index (χ1v) is 7.37. The van der Waals surface area contributed by atoms with E-state index >= 15 is 0 Å². The average Bonchev–Trinajstić information content (AvgIpc) is 2.41. The number of hydrogen-bond acceptors (Lipinski definition) is 4. The maximum Gasteiger partial charge on any atom is 0.270 e. The zero-order valence-corrected chi connectivity index (χ0v) is 14.0. The predicted molar refractivity (Wildman–Crippen MR) is 89.0 cm³/mol. The van der Waals surface area contributed by atoms with Crippen LogP contribution in [0.5, 0.6) is 0 Å². The second kappa shape index (κ2) is 6.50. The SMILES string of the molecule is CC(C)(C)NC(=O)c1cc(Nc2ccc(Cl)c(Cl)c2)ncn1. The highest BCUT2D eigenvalue weighted by molar-refractivity contribution is 6.42. The van der Waals surface area contributed by atoms with Gasteiger partial charge in [0, 0.05) is 17.3 Å². The van der Waals surface area contributed by atoms with Crippen molar-refractivity contribution in [1.29, 1.82) is 0 Å². The number of carbonyl (C=O) groups is 1. The van der Waals surface area contributed by atoms with E-state index in [0.717, 1.165) is 5.69 Å². The Labute approximate surface area is 139 Å². The molecule has 1 aromatic heterocycles. The van der Waals surface area contributed by atoms with Gasteiger partial charge in [0.15, 0.2) is 0 Å². The van der Waals surface area contributed by atoms with Crippen molar-refractivity contribution >= 4 is 40.6 Å². The molecule has 116 valence electrons. The van der Waals surface area contributed by atoms with Crippen molar-refractivity contribution in [2.45, 2.75) is 26.3 Å². The monoisotopic (exact) mass is 338 g/mol. The lowest BCUT2D eigenvalue weighted by Crippen LogP contribution is -2.40. The van der Waals surface area contributed by atoms with E-state index in [-0.39, 0.29) is 17.1 Å². The van der Waals surface area contributed by atoms with Gasteiger partial charge in [-0.1, -0.05) is 23.2 Å². The number of anilines is 2. The summed E-state index contributed by atoms with van der Waals surface area (Å²) in [6, 6.07) is 6.70. The molecule has 2 aromatic rings. The lowest BCUT2D eigenvalue weighted by Gasteiger charge is -2.20. The van der Waals surface area contributed by atoms with Crippen LogP contribution in [0.1, 0.15) is 31.3 Å². The van der Waals surface area contributed by atoms with Crippen LogP contribution < -0.4 is 10.6 Å². The number of amides is 1. The van der Waals surface area contributed by atoms with Gasteiger partial charge in [0.05, 0.1) is 10.0 Å². The average molecular weight is 339 g/mol. The molecule has 0 spiro atoms. The molecule has 0 bridgehead atoms. The molecule has 2 rings (SSSR count). The minimum atomic E-state index is -0.334. The van der Waals surface area contributed by atoms with E-state index in [1.807, 2.05) is 20.8 Å². The Hall–Kier alpha value is -1.85. The van der Waals surface area contributed by atoms with Gasteiger partial charge in [-0.3, -0.25) is 4.79 Å². The number of aromatic nitrogens is 2. The van der Waals surface area contributed by atoms with Crippen LogP contribution in [-0.4, -0.2) is 21.4 Å². The Morgan fingerprint density at radius 1 is 1.09 bits per heavy atom. The highest BCUT2D eigenvalue weighted by Crippen LogP contribution is 2.26. The number of nitrogens with one attached hydrogen (secondary N) is 2. The summed E-state index contributed by atoms with van der Waals surface area (Å²) in [7, 11) is 0. The van der Waals surface area contributed by atoms with Crippen LogP contribution in [0.15, 0.2) is 30.6 Å². The molecule has 5 nitrogen and oxygen atoms in total. The first-order valence-electron chi connectivity index (χ1n) is 6.61. The summed E-state index contributed by atoms with van der Waals surface area (Å²) >= 11 is 11.8. The van der Waals surface area contributed by atoms with Crippen LogP contribution in [0.25, 0.3) is 0 Å². The Morgan fingerprint density at radius 2 is 1.82 bits per heavy atom. The molecule has 0 atom stereocenters. The van der Waals surface area contributed by atoms with Crippen molar-refractivity contribution in [3.63, 3.8) is 0 Å². The minimum Gasteiger partial charge on any atom is -0.346 e. The Bertz CT molecular complexity index is 698. The zero-order valence-electron chi connectivity index (χ0n) is 12.4. The van der Waals surface area contributed by atoms with Crippen molar-refractivity contribution in [2.24, 2.45) is 0 Å². The second-order valence-corrected chi connectivity index (χ2v) is 6.56. The van der Waals surface area contributed by atoms with E-state index in [2.05, 4.69) is 20.6 Å². The molecule has 7 heteroatoms. The number of benzene rings is 1. The molecule has 0 radical (unpaired) electrons. The summed E-state index contributed by atoms with van der Waals surface area (Å²) in [5, 5.41) is 6.81. The fourth-order valence-electron chi connectivity index (χ4n) is 1.68. The quantitative estimate of drug-likeness (QED) is 0.885. The summed E-state index contributed by atoms with van der Waals surface area (Å²) in [4.78, 5) is 20.2. The predicted octanol–water partition coefficient (Wildman–Crippen LogP) is 4.06. The van der Waals surface area contributed by atoms with Crippen LogP contribution in [-0.2, 0) is 0 Å². The molecule has 0 unspecified atom stereocenters. The lowest BCUT2D eigenvalue weighted by molar-refractivity contribution is 0.0914. The first-order chi connectivity index (χ1) is 10.2. The fourth-order valence-corrected chi connectivity index (χ4v) is 1.97. The molecular formula is C15H16Cl2N4O. The van der Waals surface area contributed by atoms with E-state index in [1.165, 1.54) is 6.33 Å². The van der Waals surface area contributed by atoms with Gasteiger partial charge in [-0.2, -0.15) is 0 Å². The van der Waals surface area contributed by atoms with Crippen molar-refractivity contribution in [3.8, 4) is 0 Å². The highest BCUT2D eigenvalue weighted by atomic mass is 35.5. The number of hydrogen-bond donors (Lipinski definition) is 2. The molecule has 0 saturated carbocycles. The van der Waals surface area contributed by atoms with Gasteiger partial charge in [0.2, 0.25) is 0 Å². The topological polar surface area (TPSA) is 66.9 Å². The summed E-state index contributed by atoms with van der Waals surface area (Å²) in [6.45, 7) is 5.71. The smallest absolute Gasteiger partial charge is 0.270 e. The van der Waals surface area contributed by atoms with Crippen molar-refractivity contribution in [1.82, 2.24) is 15.3 Å². The zero-order chi connectivity index (χ0) is 16.3. The molecule has 0 aliphatic heterocycles. The normalized spacial score (nSPS) is 11.1. The Kier molecular flexibility index (Phi) is 4.88. The first kappa shape index (κ1) is 16.5. The van der Waals surface area contributed by atoms with Crippen LogP contribution in [0, 0.1) is 0 Å². The molecule has 1 heterocycles. The van der Waals surface area contributed by atoms with Gasteiger partial charge < -0.3 is 10.6 Å². The molecule has 0 fully saturated rings. The third-order valence-corrected chi connectivity index (χ3v) is 3.32. The standard InChI is InChI=1S/C15H16Cl2N4O/c1-15(2,3)21-14(22)12-7-13(19-8-18-12)20-9-4-5-10(16)11(17)6-9/h4-8H,1-3H3,(H,21,22)(H,18,19,20). The van der Waals surface area contributed by atoms with Gasteiger partial charge in [0.25, 0.3) is 5.91 Å². The Morgan fingerprint density at radius 3 is 2.45 bits per heavy atom. The summed E-state index contributed by atoms with van der Waals surface area (Å²) < 4.78 is 0. The molecule has 0 aliphatic carbocycles. The van der Waals surface area contributed by atoms with Gasteiger partial charge in [-0.25, -0.2) is 9.97 Å². The van der Waals surface area contributed by atoms with Gasteiger partial charge >= 0.3 is 0 Å². The number of halogens is 2. The largest absolute Gasteiger partial charge is 0.346 e. The summed E-state index contributed by atoms with van der Waals surface area (Å²) in [5.41, 5.74) is 0.669. The molecule has 0 saturated heterocycles.